The Kier molecular flexibility index (Phi) is 4.75. The van der Waals surface area contributed by atoms with E-state index < -0.39 is 27.3 Å². The third-order valence-corrected chi connectivity index (χ3v) is 3.34. The smallest absolute Gasteiger partial charge is 0.239 e. The summed E-state index contributed by atoms with van der Waals surface area (Å²) in [6.45, 7) is 0. The van der Waals surface area contributed by atoms with Gasteiger partial charge in [0.15, 0.2) is 9.84 Å². The molecule has 5 nitrogen and oxygen atoms in total. The lowest BCUT2D eigenvalue weighted by Crippen LogP contribution is -2.24. The summed E-state index contributed by atoms with van der Waals surface area (Å²) < 4.78 is 27.7. The van der Waals surface area contributed by atoms with Gasteiger partial charge in [-0.2, -0.15) is 0 Å². The van der Waals surface area contributed by atoms with Gasteiger partial charge in [0.1, 0.15) is 17.3 Å². The van der Waals surface area contributed by atoms with Gasteiger partial charge in [0.25, 0.3) is 0 Å². The van der Waals surface area contributed by atoms with Crippen LogP contribution >= 0.6 is 0 Å². The number of methoxy groups -OCH3 is 1. The first-order valence-electron chi connectivity index (χ1n) is 5.05. The van der Waals surface area contributed by atoms with Gasteiger partial charge < -0.3 is 10.1 Å². The van der Waals surface area contributed by atoms with E-state index in [0.29, 0.717) is 11.4 Å². The Morgan fingerprint density at radius 3 is 2.72 bits per heavy atom. The average molecular weight is 267 g/mol. The van der Waals surface area contributed by atoms with Gasteiger partial charge >= 0.3 is 0 Å². The zero-order valence-corrected chi connectivity index (χ0v) is 10.7. The largest absolute Gasteiger partial charge is 0.495 e. The maximum atomic E-state index is 11.6. The molecule has 0 saturated carbocycles. The molecule has 0 heterocycles. The highest BCUT2D eigenvalue weighted by Crippen LogP contribution is 2.22. The van der Waals surface area contributed by atoms with Crippen LogP contribution in [-0.4, -0.2) is 32.9 Å². The van der Waals surface area contributed by atoms with Gasteiger partial charge in [0.05, 0.1) is 12.8 Å². The number of nitrogens with one attached hydrogen (secondary N) is 1. The first-order valence-corrected chi connectivity index (χ1v) is 6.87. The van der Waals surface area contributed by atoms with E-state index in [0.717, 1.165) is 0 Å². The summed E-state index contributed by atoms with van der Waals surface area (Å²) in [7, 11) is -2.10. The van der Waals surface area contributed by atoms with Gasteiger partial charge in [-0.25, -0.2) is 8.42 Å². The van der Waals surface area contributed by atoms with Gasteiger partial charge in [0, 0.05) is 0 Å². The minimum atomic E-state index is -3.56. The highest BCUT2D eigenvalue weighted by atomic mass is 32.2. The molecule has 0 unspecified atom stereocenters. The Hall–Kier alpha value is -2.00. The molecule has 1 N–H and O–H groups in total. The Morgan fingerprint density at radius 1 is 1.44 bits per heavy atom. The zero-order chi connectivity index (χ0) is 13.6. The van der Waals surface area contributed by atoms with Crippen LogP contribution in [0, 0.1) is 12.3 Å². The maximum absolute atomic E-state index is 11.6. The number of ether oxygens (including phenoxy) is 1. The van der Waals surface area contributed by atoms with Gasteiger partial charge in [-0.3, -0.25) is 4.79 Å². The van der Waals surface area contributed by atoms with Crippen molar-refractivity contribution >= 4 is 21.4 Å². The van der Waals surface area contributed by atoms with E-state index >= 15 is 0 Å². The second kappa shape index (κ2) is 6.07. The Morgan fingerprint density at radius 2 is 2.11 bits per heavy atom. The molecule has 0 aliphatic rings. The highest BCUT2D eigenvalue weighted by Gasteiger charge is 2.16. The van der Waals surface area contributed by atoms with Gasteiger partial charge in [-0.1, -0.05) is 18.1 Å². The minimum absolute atomic E-state index is 0.418. The van der Waals surface area contributed by atoms with Crippen LogP contribution in [0.1, 0.15) is 0 Å². The van der Waals surface area contributed by atoms with Crippen LogP contribution in [0.2, 0.25) is 0 Å². The second-order valence-electron chi connectivity index (χ2n) is 3.48. The van der Waals surface area contributed by atoms with Crippen molar-refractivity contribution in [1.82, 2.24) is 0 Å². The molecule has 6 heteroatoms. The second-order valence-corrected chi connectivity index (χ2v) is 5.55. The summed E-state index contributed by atoms with van der Waals surface area (Å²) in [5.41, 5.74) is 0.418. The van der Waals surface area contributed by atoms with E-state index in [1.807, 2.05) is 5.92 Å². The molecule has 1 rings (SSSR count). The fourth-order valence-corrected chi connectivity index (χ4v) is 2.14. The zero-order valence-electron chi connectivity index (χ0n) is 9.84. The molecule has 0 aromatic heterocycles. The maximum Gasteiger partial charge on any atom is 0.239 e. The Balaban J connectivity index is 2.74. The number of terminal acetylenes is 1. The van der Waals surface area contributed by atoms with Crippen molar-refractivity contribution in [3.05, 3.63) is 24.3 Å². The molecule has 0 aliphatic carbocycles. The molecule has 0 saturated heterocycles. The topological polar surface area (TPSA) is 72.5 Å². The minimum Gasteiger partial charge on any atom is -0.495 e. The van der Waals surface area contributed by atoms with Gasteiger partial charge in [-0.05, 0) is 12.1 Å². The lowest BCUT2D eigenvalue weighted by atomic mass is 10.3. The number of hydrogen-bond donors (Lipinski definition) is 1. The van der Waals surface area contributed by atoms with E-state index in [2.05, 4.69) is 5.32 Å². The van der Waals surface area contributed by atoms with Crippen molar-refractivity contribution < 1.29 is 17.9 Å². The van der Waals surface area contributed by atoms with Crippen LogP contribution in [0.25, 0.3) is 0 Å². The molecule has 0 aliphatic heterocycles. The first-order chi connectivity index (χ1) is 8.48. The van der Waals surface area contributed by atoms with Crippen LogP contribution in [-0.2, 0) is 14.6 Å². The van der Waals surface area contributed by atoms with Crippen molar-refractivity contribution in [2.24, 2.45) is 0 Å². The summed E-state index contributed by atoms with van der Waals surface area (Å²) in [6.07, 6.45) is 4.91. The van der Waals surface area contributed by atoms with E-state index in [-0.39, 0.29) is 0 Å². The van der Waals surface area contributed by atoms with Crippen LogP contribution < -0.4 is 10.1 Å². The molecule has 0 spiro atoms. The number of anilines is 1. The molecule has 0 radical (unpaired) electrons. The predicted octanol–water partition coefficient (Wildman–Crippen LogP) is 0.682. The number of carbonyl (C=O) groups excluding carboxylic acids is 1. The van der Waals surface area contributed by atoms with Crippen LogP contribution in [0.15, 0.2) is 24.3 Å². The van der Waals surface area contributed by atoms with Gasteiger partial charge in [-0.15, -0.1) is 6.42 Å². The molecule has 18 heavy (non-hydrogen) atoms. The number of hydrogen-bond acceptors (Lipinski definition) is 4. The summed E-state index contributed by atoms with van der Waals surface area (Å²) in [6, 6.07) is 6.72. The third kappa shape index (κ3) is 4.11. The molecule has 1 aromatic carbocycles. The number of benzene rings is 1. The van der Waals surface area contributed by atoms with E-state index in [9.17, 15) is 13.2 Å². The number of rotatable bonds is 5. The first kappa shape index (κ1) is 14.1. The van der Waals surface area contributed by atoms with E-state index in [1.165, 1.54) is 7.11 Å². The van der Waals surface area contributed by atoms with Crippen molar-refractivity contribution in [3.8, 4) is 18.1 Å². The van der Waals surface area contributed by atoms with Crippen LogP contribution in [0.5, 0.6) is 5.75 Å². The van der Waals surface area contributed by atoms with Crippen molar-refractivity contribution in [3.63, 3.8) is 0 Å². The Labute approximate surface area is 106 Å². The predicted molar refractivity (Wildman–Crippen MR) is 69.1 cm³/mol. The summed E-state index contributed by atoms with van der Waals surface area (Å²) in [5, 5.41) is 2.46. The fraction of sp³-hybridized carbons (Fsp3) is 0.250. The highest BCUT2D eigenvalue weighted by molar-refractivity contribution is 7.92. The third-order valence-electron chi connectivity index (χ3n) is 2.04. The number of amides is 1. The number of carbonyl (C=O) groups is 1. The molecular formula is C12H13NO4S. The SMILES string of the molecule is C#CCS(=O)(=O)CC(=O)Nc1ccccc1OC. The Bertz CT molecular complexity index is 572. The van der Waals surface area contributed by atoms with Crippen molar-refractivity contribution in [2.75, 3.05) is 23.9 Å². The van der Waals surface area contributed by atoms with Crippen LogP contribution in [0.3, 0.4) is 0 Å². The summed E-state index contributed by atoms with van der Waals surface area (Å²) in [5.74, 6) is 0.726. The fourth-order valence-electron chi connectivity index (χ4n) is 1.31. The van der Waals surface area contributed by atoms with E-state index in [4.69, 9.17) is 11.2 Å². The molecule has 96 valence electrons. The molecule has 0 bridgehead atoms. The van der Waals surface area contributed by atoms with Gasteiger partial charge in [0.2, 0.25) is 5.91 Å². The normalized spacial score (nSPS) is 10.4. The monoisotopic (exact) mass is 267 g/mol. The van der Waals surface area contributed by atoms with E-state index in [1.54, 1.807) is 24.3 Å². The lowest BCUT2D eigenvalue weighted by molar-refractivity contribution is -0.113. The number of para-hydroxylation sites is 2. The standard InChI is InChI=1S/C12H13NO4S/c1-3-8-18(15,16)9-12(14)13-10-6-4-5-7-11(10)17-2/h1,4-7H,8-9H2,2H3,(H,13,14). The molecule has 1 amide bonds. The molecular weight excluding hydrogens is 254 g/mol. The quantitative estimate of drug-likeness (QED) is 0.796. The lowest BCUT2D eigenvalue weighted by Gasteiger charge is -2.09. The molecule has 0 atom stereocenters. The number of sulfone groups is 1. The summed E-state index contributed by atoms with van der Waals surface area (Å²) >= 11 is 0. The summed E-state index contributed by atoms with van der Waals surface area (Å²) in [4.78, 5) is 11.6. The average Bonchev–Trinajstić information content (AvgIpc) is 2.28. The molecule has 1 aromatic rings. The van der Waals surface area contributed by atoms with Crippen LogP contribution in [0.4, 0.5) is 5.69 Å². The van der Waals surface area contributed by atoms with Crippen molar-refractivity contribution in [1.29, 1.82) is 0 Å². The van der Waals surface area contributed by atoms with Crippen molar-refractivity contribution in [2.45, 2.75) is 0 Å². The molecule has 0 fully saturated rings.